The molecule has 1 aliphatic rings. The minimum Gasteiger partial charge on any atom is -0.507 e. The van der Waals surface area contributed by atoms with Gasteiger partial charge in [0.2, 0.25) is 0 Å². The van der Waals surface area contributed by atoms with E-state index in [0.29, 0.717) is 72.8 Å². The quantitative estimate of drug-likeness (QED) is 0.0630. The number of hydrogen-bond acceptors (Lipinski definition) is 21. The summed E-state index contributed by atoms with van der Waals surface area (Å²) in [5.41, 5.74) is 9.25. The molecule has 30 nitrogen and oxygen atoms in total. The molecule has 0 saturated heterocycles. The van der Waals surface area contributed by atoms with Crippen molar-refractivity contribution in [3.63, 3.8) is 0 Å². The number of aromatic hydroxyl groups is 3. The van der Waals surface area contributed by atoms with Crippen molar-refractivity contribution in [2.75, 3.05) is 19.8 Å². The predicted octanol–water partition coefficient (Wildman–Crippen LogP) is 0.734. The van der Waals surface area contributed by atoms with Crippen LogP contribution in [-0.2, 0) is 114 Å². The Morgan fingerprint density at radius 1 is 0.298 bits per heavy atom. The molecule has 0 spiro atoms. The second-order valence-electron chi connectivity index (χ2n) is 18.7. The van der Waals surface area contributed by atoms with Crippen molar-refractivity contribution in [1.82, 2.24) is 0 Å². The highest BCUT2D eigenvalue weighted by atomic mass is 32.2. The summed E-state index contributed by atoms with van der Waals surface area (Å²) in [4.78, 5) is 30.5. The van der Waals surface area contributed by atoms with E-state index in [2.05, 4.69) is 0 Å². The van der Waals surface area contributed by atoms with E-state index in [9.17, 15) is 108 Å². The number of fused-ring (bicyclic) bond motifs is 12. The zero-order valence-electron chi connectivity index (χ0n) is 42.3. The Morgan fingerprint density at radius 2 is 0.429 bits per heavy atom. The molecule has 0 radical (unpaired) electrons. The normalized spacial score (nSPS) is 13.5. The molecular weight excluding hydrogens is 1240 g/mol. The molecule has 7 rings (SSSR count). The van der Waals surface area contributed by atoms with Crippen LogP contribution >= 0.6 is 0 Å². The smallest absolute Gasteiger partial charge is 0.294 e. The molecule has 0 aliphatic heterocycles. The molecule has 15 N–H and O–H groups in total. The van der Waals surface area contributed by atoms with E-state index in [-0.39, 0.29) is 0 Å². The van der Waals surface area contributed by atoms with Crippen molar-refractivity contribution in [3.05, 3.63) is 140 Å². The third-order valence-electron chi connectivity index (χ3n) is 12.5. The van der Waals surface area contributed by atoms with E-state index in [1.54, 1.807) is 0 Å². The predicted molar refractivity (Wildman–Crippen MR) is 283 cm³/mol. The molecule has 84 heavy (non-hydrogen) atoms. The van der Waals surface area contributed by atoms with Gasteiger partial charge in [-0.05, 0) is 72.8 Å². The maximum Gasteiger partial charge on any atom is 0.294 e. The first-order valence-electron chi connectivity index (χ1n) is 23.2. The van der Waals surface area contributed by atoms with E-state index in [1.807, 2.05) is 0 Å². The Hall–Kier alpha value is -8.01. The van der Waals surface area contributed by atoms with Gasteiger partial charge in [0.05, 0.1) is 29.4 Å². The molecule has 36 heteroatoms. The molecule has 0 atom stereocenters. The number of nitrogens with two attached hydrogens (primary N) is 3. The van der Waals surface area contributed by atoms with Gasteiger partial charge in [0.1, 0.15) is 34.5 Å². The Kier molecular flexibility index (Phi) is 17.6. The standard InChI is InChI=1S/C48H45N3O27S6/c49-40(52)19-76-46-28-1-22-7-34(79(58,59)60)8-23(43(22)55)2-30-15-38(83(70,71)72)16-31(47(30)77-20-41(50)53)5-26-11-36(81(64,65)66)12-27(45(26)57)6-33-18-39(84(73,74)75)17-32(48(33)78-21-42(51)54)4-25-10-35(80(61,62)63)9-24(44(25)56)3-29(46)14-37(13-28)82(67,68)69/h7-18,55-57H,1-6,19-21H2,(H2,49,52)(H2,50,53)(H2,51,54)(H,58,59,60)(H,61,62,63)(H,64,65,66)(H,67,68,69)(H,70,71,72)(H,73,74,75). The molecule has 0 saturated carbocycles. The van der Waals surface area contributed by atoms with E-state index >= 15 is 0 Å². The second-order valence-corrected chi connectivity index (χ2v) is 27.2. The lowest BCUT2D eigenvalue weighted by molar-refractivity contribution is -0.120. The molecule has 0 aromatic heterocycles. The van der Waals surface area contributed by atoms with Gasteiger partial charge in [-0.15, -0.1) is 0 Å². The Labute approximate surface area is 476 Å². The largest absolute Gasteiger partial charge is 0.507 e. The molecule has 12 bridgehead atoms. The topological polar surface area (TPSA) is 544 Å². The minimum atomic E-state index is -5.40. The van der Waals surface area contributed by atoms with Crippen LogP contribution in [-0.4, -0.2) is 131 Å². The number of phenolic OH excluding ortho intramolecular Hbond substituents is 3. The number of carbonyl (C=O) groups is 3. The van der Waals surface area contributed by atoms with Crippen LogP contribution in [0.2, 0.25) is 0 Å². The van der Waals surface area contributed by atoms with Crippen molar-refractivity contribution >= 4 is 78.4 Å². The number of rotatable bonds is 15. The van der Waals surface area contributed by atoms with Gasteiger partial charge in [-0.25, -0.2) is 0 Å². The Bertz CT molecular complexity index is 3910. The second kappa shape index (κ2) is 23.2. The van der Waals surface area contributed by atoms with Crippen molar-refractivity contribution in [1.29, 1.82) is 0 Å². The fourth-order valence-corrected chi connectivity index (χ4v) is 12.6. The number of ether oxygens (including phenoxy) is 3. The van der Waals surface area contributed by atoms with E-state index in [1.165, 1.54) is 0 Å². The van der Waals surface area contributed by atoms with Gasteiger partial charge >= 0.3 is 0 Å². The Balaban J connectivity index is 1.70. The van der Waals surface area contributed by atoms with Gasteiger partial charge in [0.25, 0.3) is 78.4 Å². The van der Waals surface area contributed by atoms with Crippen LogP contribution in [0.15, 0.2) is 102 Å². The maximum atomic E-state index is 13.0. The lowest BCUT2D eigenvalue weighted by Crippen LogP contribution is -2.21. The summed E-state index contributed by atoms with van der Waals surface area (Å²) in [6, 6.07) is 7.76. The highest BCUT2D eigenvalue weighted by Crippen LogP contribution is 2.43. The first kappa shape index (κ1) is 63.6. The minimum absolute atomic E-state index is 0.534. The van der Waals surface area contributed by atoms with Crippen LogP contribution in [0.4, 0.5) is 0 Å². The molecular formula is C48H45N3O27S6. The molecule has 450 valence electrons. The van der Waals surface area contributed by atoms with Gasteiger partial charge in [-0.2, -0.15) is 50.5 Å². The zero-order chi connectivity index (χ0) is 62.6. The number of amides is 3. The molecule has 0 unspecified atom stereocenters. The molecule has 3 amide bonds. The highest BCUT2D eigenvalue weighted by molar-refractivity contribution is 7.87. The fraction of sp³-hybridized carbons (Fsp3) is 0.188. The third-order valence-corrected chi connectivity index (χ3v) is 17.5. The van der Waals surface area contributed by atoms with Crippen molar-refractivity contribution in [2.45, 2.75) is 67.9 Å². The monoisotopic (exact) mass is 1290 g/mol. The van der Waals surface area contributed by atoms with Crippen molar-refractivity contribution < 1.29 is 122 Å². The van der Waals surface area contributed by atoms with Crippen LogP contribution in [0.5, 0.6) is 34.5 Å². The molecule has 1 aliphatic carbocycles. The number of carbonyl (C=O) groups excluding carboxylic acids is 3. The maximum absolute atomic E-state index is 13.0. The van der Waals surface area contributed by atoms with Crippen LogP contribution in [0.1, 0.15) is 66.8 Å². The Morgan fingerprint density at radius 3 is 0.548 bits per heavy atom. The van der Waals surface area contributed by atoms with Gasteiger partial charge < -0.3 is 46.7 Å². The van der Waals surface area contributed by atoms with Crippen LogP contribution < -0.4 is 31.4 Å². The van der Waals surface area contributed by atoms with Crippen LogP contribution in [0, 0.1) is 0 Å². The van der Waals surface area contributed by atoms with Crippen LogP contribution in [0.25, 0.3) is 0 Å². The van der Waals surface area contributed by atoms with Gasteiger partial charge in [0, 0.05) is 105 Å². The van der Waals surface area contributed by atoms with Crippen LogP contribution in [0.3, 0.4) is 0 Å². The summed E-state index contributed by atoms with van der Waals surface area (Å²) in [7, 11) is -32.4. The first-order valence-corrected chi connectivity index (χ1v) is 31.8. The molecule has 6 aromatic carbocycles. The zero-order valence-corrected chi connectivity index (χ0v) is 47.2. The average Bonchev–Trinajstić information content (AvgIpc) is 1.30. The summed E-state index contributed by atoms with van der Waals surface area (Å²) in [6.45, 7) is -3.26. The highest BCUT2D eigenvalue weighted by Gasteiger charge is 2.30. The lowest BCUT2D eigenvalue weighted by atomic mass is 9.91. The van der Waals surface area contributed by atoms with E-state index < -0.39 is 267 Å². The molecule has 6 aromatic rings. The van der Waals surface area contributed by atoms with Gasteiger partial charge in [-0.3, -0.25) is 41.7 Å². The van der Waals surface area contributed by atoms with Gasteiger partial charge in [-0.1, -0.05) is 0 Å². The number of benzene rings is 6. The van der Waals surface area contributed by atoms with Gasteiger partial charge in [0.15, 0.2) is 19.8 Å². The van der Waals surface area contributed by atoms with Crippen molar-refractivity contribution in [2.24, 2.45) is 17.2 Å². The van der Waals surface area contributed by atoms with Crippen molar-refractivity contribution in [3.8, 4) is 34.5 Å². The summed E-state index contributed by atoms with van der Waals surface area (Å²) in [6.07, 6.45) is -5.90. The van der Waals surface area contributed by atoms with E-state index in [0.717, 1.165) is 0 Å². The number of phenols is 3. The van der Waals surface area contributed by atoms with E-state index in [4.69, 9.17) is 31.4 Å². The molecule has 0 heterocycles. The number of primary amides is 3. The lowest BCUT2D eigenvalue weighted by Gasteiger charge is -2.22. The summed E-state index contributed by atoms with van der Waals surface area (Å²) < 4.78 is 236. The molecule has 0 fully saturated rings. The SMILES string of the molecule is NC(=O)COc1c2cc(S(=O)(=O)O)cc1Cc1cc(S(=O)(=O)O)cc(c1O)Cc1cc(S(=O)(=O)O)cc(c1OCC(N)=O)Cc1cc(S(=O)(=O)O)cc(c1O)Cc1cc(S(=O)(=O)O)cc(c1OCC(N)=O)Cc1cc(S(=O)(=O)O)cc(c1O)C2. The first-order chi connectivity index (χ1) is 38.6. The average molecular weight is 1290 g/mol. The number of hydrogen-bond donors (Lipinski definition) is 12. The summed E-state index contributed by atoms with van der Waals surface area (Å²) in [5.74, 6) is -8.49. The summed E-state index contributed by atoms with van der Waals surface area (Å²) in [5, 5.41) is 36.2. The summed E-state index contributed by atoms with van der Waals surface area (Å²) >= 11 is 0. The third kappa shape index (κ3) is 14.8. The fourth-order valence-electron chi connectivity index (χ4n) is 9.06.